The minimum atomic E-state index is -0.845. The molecule has 29 heteroatoms. The number of aryl methyl sites for hydroxylation is 3. The van der Waals surface area contributed by atoms with E-state index >= 15 is 0 Å². The molecule has 0 bridgehead atoms. The number of Topliss-reactive ketones (excluding diaryl/α,β-unsaturated/α-hetero) is 2. The topological polar surface area (TPSA) is 294 Å². The van der Waals surface area contributed by atoms with Gasteiger partial charge in [-0.3, -0.25) is 19.4 Å². The minimum Gasteiger partial charge on any atom is -0.479 e. The van der Waals surface area contributed by atoms with Crippen molar-refractivity contribution in [2.24, 2.45) is 26.8 Å². The molecule has 0 amide bonds. The number of hydrogen-bond acceptors (Lipinski definition) is 19. The van der Waals surface area contributed by atoms with Crippen LogP contribution in [0.3, 0.4) is 0 Å². The Morgan fingerprint density at radius 1 is 0.678 bits per heavy atom. The molecule has 23 nitrogen and oxygen atoms in total. The molecule has 7 heterocycles. The molecule has 10 rings (SSSR count). The maximum absolute atomic E-state index is 12.4. The summed E-state index contributed by atoms with van der Waals surface area (Å²) in [6, 6.07) is 31.6. The molecule has 6 N–H and O–H groups in total. The third kappa shape index (κ3) is 19.7. The van der Waals surface area contributed by atoms with Gasteiger partial charge in [0.25, 0.3) is 0 Å². The zero-order chi connectivity index (χ0) is 65.6. The van der Waals surface area contributed by atoms with Crippen molar-refractivity contribution < 1.29 is 38.7 Å². The average Bonchev–Trinajstić information content (AvgIpc) is 2.09. The van der Waals surface area contributed by atoms with Crippen molar-refractivity contribution in [3.63, 3.8) is 0 Å². The minimum absolute atomic E-state index is 0.0161. The van der Waals surface area contributed by atoms with E-state index in [0.717, 1.165) is 41.4 Å². The van der Waals surface area contributed by atoms with Crippen LogP contribution in [0, 0.1) is 20.8 Å². The van der Waals surface area contributed by atoms with E-state index < -0.39 is 6.10 Å². The molecule has 0 spiro atoms. The maximum Gasteiger partial charge on any atom is 0.238 e. The Balaban J connectivity index is 0.000000197. The maximum atomic E-state index is 12.4. The van der Waals surface area contributed by atoms with Gasteiger partial charge in [-0.25, -0.2) is 35.4 Å². The lowest BCUT2D eigenvalue weighted by molar-refractivity contribution is -0.00478. The zero-order valence-electron chi connectivity index (χ0n) is 50.4. The number of oxime groups is 2. The second-order valence-electron chi connectivity index (χ2n) is 19.1. The summed E-state index contributed by atoms with van der Waals surface area (Å²) >= 11 is 25.4. The second kappa shape index (κ2) is 34.3. The Morgan fingerprint density at radius 3 is 1.53 bits per heavy atom. The smallest absolute Gasteiger partial charge is 0.238 e. The number of nitrogens with two attached hydrogens (primary N) is 2. The summed E-state index contributed by atoms with van der Waals surface area (Å²) in [7, 11) is 5.60. The summed E-state index contributed by atoms with van der Waals surface area (Å²) in [6.07, 6.45) is 9.67. The molecule has 0 fully saturated rings. The van der Waals surface area contributed by atoms with Gasteiger partial charge in [0.1, 0.15) is 46.3 Å². The van der Waals surface area contributed by atoms with Gasteiger partial charge in [0.2, 0.25) is 23.4 Å². The van der Waals surface area contributed by atoms with Crippen LogP contribution in [0.1, 0.15) is 87.3 Å². The Kier molecular flexibility index (Phi) is 26.9. The predicted octanol–water partition coefficient (Wildman–Crippen LogP) is 11.8. The number of aliphatic imine (C=N–C) groups is 1. The van der Waals surface area contributed by atoms with Crippen molar-refractivity contribution in [2.45, 2.75) is 64.6 Å². The van der Waals surface area contributed by atoms with Crippen LogP contribution in [0.5, 0.6) is 17.6 Å². The van der Waals surface area contributed by atoms with Crippen molar-refractivity contribution in [3.05, 3.63) is 213 Å². The van der Waals surface area contributed by atoms with Gasteiger partial charge in [0.05, 0.1) is 62.2 Å². The number of nitrogens with one attached hydrogen (secondary N) is 1. The first-order chi connectivity index (χ1) is 43.1. The Labute approximate surface area is 550 Å². The number of alkyl halides is 1. The fraction of sp³-hybridized carbons (Fsp3) is 0.230. The van der Waals surface area contributed by atoms with E-state index in [1.807, 2.05) is 93.9 Å². The van der Waals surface area contributed by atoms with Crippen LogP contribution >= 0.6 is 58.1 Å². The number of benzene rings is 3. The Morgan fingerprint density at radius 2 is 1.11 bits per heavy atom. The van der Waals surface area contributed by atoms with Crippen LogP contribution in [-0.4, -0.2) is 123 Å². The van der Waals surface area contributed by atoms with Crippen molar-refractivity contribution >= 4 is 99.0 Å². The number of halogens is 4. The van der Waals surface area contributed by atoms with Crippen LogP contribution in [0.25, 0.3) is 17.1 Å². The number of carbonyl (C=O) groups is 2. The number of nitrogens with zero attached hydrogens (tertiary/aromatic N) is 12. The van der Waals surface area contributed by atoms with Crippen LogP contribution in [-0.2, 0) is 21.5 Å². The molecule has 470 valence electrons. The van der Waals surface area contributed by atoms with Crippen molar-refractivity contribution in [1.82, 2.24) is 49.1 Å². The lowest BCUT2D eigenvalue weighted by Crippen LogP contribution is -2.38. The summed E-state index contributed by atoms with van der Waals surface area (Å²) in [5, 5.41) is 17.1. The number of amidine groups is 3. The van der Waals surface area contributed by atoms with Crippen LogP contribution in [0.2, 0.25) is 15.1 Å². The Bertz CT molecular complexity index is 4020. The number of methoxy groups -OCH3 is 3. The largest absolute Gasteiger partial charge is 0.479 e. The molecule has 0 radical (unpaired) electrons. The standard InChI is InChI=1S/C20H20ClN5O3.C20H20ClN5O2.C11H13N5O2.C9H8BrClO.CH3PS/c1-12-10-26(11-23-12)17-8-7-16(24-20(17)28-3)19(22)25-29-13(2)18(27)14-5-4-6-15(21)9-14;1-12-10-26(11-22-12)17-8-7-16(23-20(17)27-3)19-24-18(13(2)28-25-19)14-5-4-6-15(21)9-14;1-7-5-16(6-13-7)9-4-3-8(10(12)15-17)14-11(9)18-2;1-6(10)9(12)7-3-2-4-8(11)5-7;1-2-3/h4-11,13H,1-3H3,(H2,22,25);4-11,13,18H,1-3H3,(H,24,25);3-6,17H,1-2H3,(H2,12,15);2-6H,1H3;1H3. The summed E-state index contributed by atoms with van der Waals surface area (Å²) in [6.45, 7) is 13.0. The van der Waals surface area contributed by atoms with Crippen LogP contribution in [0.15, 0.2) is 162 Å². The van der Waals surface area contributed by atoms with E-state index in [1.54, 1.807) is 122 Å². The molecular formula is C61H64BrCl3N15O8PS. The number of hydrogen-bond donors (Lipinski definition) is 4. The highest BCUT2D eigenvalue weighted by molar-refractivity contribution is 9.10. The normalized spacial score (nSPS) is 14.2. The number of aromatic nitrogens is 9. The van der Waals surface area contributed by atoms with E-state index in [2.05, 4.69) is 73.4 Å². The third-order valence-corrected chi connectivity index (χ3v) is 13.6. The molecule has 0 saturated heterocycles. The monoisotopic (exact) mass is 1380 g/mol. The quantitative estimate of drug-likeness (QED) is 0.0133. The summed E-state index contributed by atoms with van der Waals surface area (Å²) < 4.78 is 21.5. The van der Waals surface area contributed by atoms with Crippen molar-refractivity contribution in [1.29, 1.82) is 0 Å². The number of hydroxylamine groups is 1. The molecular weight excluding hydrogens is 1320 g/mol. The fourth-order valence-electron chi connectivity index (χ4n) is 8.08. The number of ether oxygens (including phenoxy) is 3. The van der Waals surface area contributed by atoms with E-state index in [-0.39, 0.29) is 40.2 Å². The molecule has 3 aromatic carbocycles. The number of imidazole rings is 3. The molecule has 6 aromatic heterocycles. The number of pyridine rings is 3. The molecule has 1 aliphatic rings. The zero-order valence-corrected chi connectivity index (χ0v) is 55.9. The van der Waals surface area contributed by atoms with E-state index in [1.165, 1.54) is 14.2 Å². The van der Waals surface area contributed by atoms with E-state index in [0.29, 0.717) is 72.4 Å². The lowest BCUT2D eigenvalue weighted by Gasteiger charge is -2.28. The first-order valence-electron chi connectivity index (χ1n) is 27.0. The van der Waals surface area contributed by atoms with Crippen molar-refractivity contribution in [2.75, 3.05) is 28.0 Å². The number of carbonyl (C=O) groups excluding carboxylic acids is 2. The van der Waals surface area contributed by atoms with Crippen LogP contribution < -0.4 is 31.2 Å². The van der Waals surface area contributed by atoms with Gasteiger partial charge >= 0.3 is 0 Å². The van der Waals surface area contributed by atoms with Gasteiger partial charge in [-0.1, -0.05) is 109 Å². The summed E-state index contributed by atoms with van der Waals surface area (Å²) in [4.78, 5) is 65.2. The van der Waals surface area contributed by atoms with E-state index in [4.69, 9.17) is 80.4 Å². The third-order valence-electron chi connectivity index (χ3n) is 12.4. The van der Waals surface area contributed by atoms with Gasteiger partial charge in [-0.05, 0) is 134 Å². The van der Waals surface area contributed by atoms with Gasteiger partial charge in [-0.15, -0.1) is 0 Å². The average molecular weight is 1380 g/mol. The molecule has 90 heavy (non-hydrogen) atoms. The second-order valence-corrected chi connectivity index (χ2v) is 23.2. The number of ketones is 2. The molecule has 4 atom stereocenters. The summed E-state index contributed by atoms with van der Waals surface area (Å²) in [5.74, 6) is 1.46. The molecule has 1 aliphatic heterocycles. The van der Waals surface area contributed by atoms with Gasteiger partial charge in [-0.2, -0.15) is 0 Å². The van der Waals surface area contributed by atoms with Gasteiger partial charge in [0, 0.05) is 44.8 Å². The first kappa shape index (κ1) is 70.4. The lowest BCUT2D eigenvalue weighted by atomic mass is 10.0. The molecule has 0 aliphatic carbocycles. The molecule has 9 aromatic rings. The highest BCUT2D eigenvalue weighted by Gasteiger charge is 2.27. The fourth-order valence-corrected chi connectivity index (χ4v) is 8.93. The SMILES string of the molecule is CC(Br)C(=O)c1cccc(Cl)c1.COc1nc(/C(N)=N/O)ccc1-n1cnc(C)c1.COc1nc(/C(N)=N/OC(C)C(=O)c2cccc(Cl)c2)ccc1-n1cnc(C)c1.COc1nc(C2=NC(c3cccc(Cl)c3)C(C)ON2)ccc1-n1cnc(C)c1.CP=S. The van der Waals surface area contributed by atoms with E-state index in [9.17, 15) is 9.59 Å². The van der Waals surface area contributed by atoms with Gasteiger partial charge < -0.3 is 49.4 Å². The highest BCUT2D eigenvalue weighted by atomic mass is 79.9. The van der Waals surface area contributed by atoms with Crippen molar-refractivity contribution in [3.8, 4) is 34.7 Å². The number of rotatable bonds is 16. The highest BCUT2D eigenvalue weighted by Crippen LogP contribution is 2.30. The molecule has 4 unspecified atom stereocenters. The molecule has 0 saturated carbocycles. The first-order valence-corrected chi connectivity index (χ1v) is 31.4. The van der Waals surface area contributed by atoms with Gasteiger partial charge in [0.15, 0.2) is 29.4 Å². The van der Waals surface area contributed by atoms with Crippen LogP contribution in [0.4, 0.5) is 0 Å². The predicted molar refractivity (Wildman–Crippen MR) is 356 cm³/mol. The summed E-state index contributed by atoms with van der Waals surface area (Å²) in [5.41, 5.74) is 22.6. The Hall–Kier alpha value is -8.68.